The molecule has 1 heterocycles. The number of hydrogen-bond acceptors (Lipinski definition) is 3. The lowest BCUT2D eigenvalue weighted by Gasteiger charge is -2.21. The van der Waals surface area contributed by atoms with Crippen LogP contribution in [0.1, 0.15) is 11.1 Å². The Balaban J connectivity index is 2.94. The van der Waals surface area contributed by atoms with Crippen molar-refractivity contribution in [3.8, 4) is 17.2 Å². The van der Waals surface area contributed by atoms with E-state index < -0.39 is 36.2 Å². The van der Waals surface area contributed by atoms with Gasteiger partial charge in [-0.15, -0.1) is 0 Å². The number of aromatic amines is 1. The maximum Gasteiger partial charge on any atom is 0.418 e. The number of halogens is 8. The van der Waals surface area contributed by atoms with E-state index in [9.17, 15) is 17.6 Å². The van der Waals surface area contributed by atoms with E-state index in [2.05, 4.69) is 10.2 Å². The third-order valence-corrected chi connectivity index (χ3v) is 4.91. The van der Waals surface area contributed by atoms with Gasteiger partial charge in [-0.2, -0.15) is 27.9 Å². The Kier molecular flexibility index (Phi) is 5.52. The Hall–Kier alpha value is -0.850. The van der Waals surface area contributed by atoms with Crippen molar-refractivity contribution >= 4 is 58.2 Å². The molecule has 2 aromatic rings. The third-order valence-electron chi connectivity index (χ3n) is 2.73. The van der Waals surface area contributed by atoms with Crippen LogP contribution in [0.5, 0.6) is 0 Å². The number of aromatic nitrogens is 2. The monoisotopic (exact) mass is 437 g/mol. The molecule has 0 unspecified atom stereocenters. The summed E-state index contributed by atoms with van der Waals surface area (Å²) in [5.74, 6) is 0. The number of alkyl halides is 6. The molecule has 0 atom stereocenters. The van der Waals surface area contributed by atoms with E-state index in [0.29, 0.717) is 0 Å². The second kappa shape index (κ2) is 6.81. The summed E-state index contributed by atoms with van der Waals surface area (Å²) in [5.41, 5.74) is -2.37. The minimum absolute atomic E-state index is 0.128. The van der Waals surface area contributed by atoms with Crippen molar-refractivity contribution < 1.29 is 17.6 Å². The minimum Gasteiger partial charge on any atom is -0.285 e. The van der Waals surface area contributed by atoms with Gasteiger partial charge in [0.2, 0.25) is 0 Å². The van der Waals surface area contributed by atoms with Crippen LogP contribution in [-0.2, 0) is 6.18 Å². The molecular formula is C12H3Cl4F4N3S. The van der Waals surface area contributed by atoms with Crippen LogP contribution in [0.2, 0.25) is 10.0 Å². The third kappa shape index (κ3) is 3.86. The summed E-state index contributed by atoms with van der Waals surface area (Å²) in [6.07, 6.45) is -2.53. The van der Waals surface area contributed by atoms with Crippen LogP contribution in [0.25, 0.3) is 11.1 Å². The average molecular weight is 439 g/mol. The van der Waals surface area contributed by atoms with Crippen molar-refractivity contribution in [1.29, 1.82) is 5.26 Å². The number of hydrogen-bond donors (Lipinski definition) is 1. The van der Waals surface area contributed by atoms with Crippen LogP contribution in [-0.4, -0.2) is 14.1 Å². The lowest BCUT2D eigenvalue weighted by Crippen LogP contribution is -2.13. The Bertz CT molecular complexity index is 810. The number of nitriles is 1. The molecular weight excluding hydrogens is 436 g/mol. The summed E-state index contributed by atoms with van der Waals surface area (Å²) in [6.45, 7) is 0. The van der Waals surface area contributed by atoms with Gasteiger partial charge in [-0.1, -0.05) is 58.2 Å². The molecule has 1 N–H and O–H groups in total. The first-order valence-corrected chi connectivity index (χ1v) is 8.07. The molecule has 0 saturated carbocycles. The van der Waals surface area contributed by atoms with Crippen LogP contribution < -0.4 is 0 Å². The van der Waals surface area contributed by atoms with Gasteiger partial charge in [-0.25, -0.2) is 0 Å². The first kappa shape index (κ1) is 19.5. The van der Waals surface area contributed by atoms with E-state index in [4.69, 9.17) is 51.7 Å². The molecule has 0 aliphatic rings. The number of benzene rings is 1. The summed E-state index contributed by atoms with van der Waals surface area (Å²) in [5, 5.41) is 14.1. The van der Waals surface area contributed by atoms with Gasteiger partial charge >= 0.3 is 10.1 Å². The molecule has 0 amide bonds. The molecule has 3 nitrogen and oxygen atoms in total. The molecule has 128 valence electrons. The summed E-state index contributed by atoms with van der Waals surface area (Å²) in [7, 11) is 0. The van der Waals surface area contributed by atoms with Crippen LogP contribution in [0, 0.1) is 11.3 Å². The zero-order valence-electron chi connectivity index (χ0n) is 11.0. The topological polar surface area (TPSA) is 52.5 Å². The molecule has 0 fully saturated rings. The van der Waals surface area contributed by atoms with E-state index in [-0.39, 0.29) is 22.9 Å². The smallest absolute Gasteiger partial charge is 0.285 e. The molecule has 0 aliphatic heterocycles. The summed E-state index contributed by atoms with van der Waals surface area (Å²) >= 11 is 22.1. The highest BCUT2D eigenvalue weighted by Crippen LogP contribution is 2.54. The first-order valence-electron chi connectivity index (χ1n) is 5.74. The van der Waals surface area contributed by atoms with Crippen LogP contribution >= 0.6 is 58.2 Å². The van der Waals surface area contributed by atoms with Gasteiger partial charge < -0.3 is 0 Å². The summed E-state index contributed by atoms with van der Waals surface area (Å²) in [6, 6.07) is 1.36. The minimum atomic E-state index is -5.05. The van der Waals surface area contributed by atoms with E-state index >= 15 is 0 Å². The quantitative estimate of drug-likeness (QED) is 0.341. The lowest BCUT2D eigenvalue weighted by molar-refractivity contribution is -0.139. The Morgan fingerprint density at radius 2 is 1.79 bits per heavy atom. The highest BCUT2D eigenvalue weighted by atomic mass is 35.5. The zero-order chi connectivity index (χ0) is 18.3. The molecule has 0 radical (unpaired) electrons. The van der Waals surface area contributed by atoms with Gasteiger partial charge in [0, 0.05) is 22.2 Å². The molecule has 0 bridgehead atoms. The fourth-order valence-corrected chi connectivity index (χ4v) is 3.90. The van der Waals surface area contributed by atoms with E-state index in [1.807, 2.05) is 0 Å². The van der Waals surface area contributed by atoms with Crippen molar-refractivity contribution in [1.82, 2.24) is 10.2 Å². The van der Waals surface area contributed by atoms with Gasteiger partial charge in [0.15, 0.2) is 0 Å². The largest absolute Gasteiger partial charge is 0.418 e. The molecule has 2 rings (SSSR count). The Labute approximate surface area is 156 Å². The van der Waals surface area contributed by atoms with Gasteiger partial charge in [0.1, 0.15) is 6.07 Å². The molecule has 24 heavy (non-hydrogen) atoms. The van der Waals surface area contributed by atoms with E-state index in [0.717, 1.165) is 0 Å². The fraction of sp³-hybridized carbons (Fsp3) is 0.167. The van der Waals surface area contributed by atoms with Gasteiger partial charge in [-0.05, 0) is 0 Å². The molecule has 0 spiro atoms. The molecule has 0 aliphatic carbocycles. The van der Waals surface area contributed by atoms with Gasteiger partial charge in [0.25, 0.3) is 0 Å². The maximum atomic E-state index is 13.6. The maximum absolute atomic E-state index is 13.6. The van der Waals surface area contributed by atoms with Crippen LogP contribution in [0.4, 0.5) is 17.6 Å². The van der Waals surface area contributed by atoms with Gasteiger partial charge in [-0.3, -0.25) is 5.10 Å². The molecule has 1 aromatic carbocycles. The Morgan fingerprint density at radius 3 is 2.21 bits per heavy atom. The van der Waals surface area contributed by atoms with E-state index in [1.165, 1.54) is 18.5 Å². The number of H-pyrrole nitrogens is 1. The van der Waals surface area contributed by atoms with Crippen molar-refractivity contribution in [2.24, 2.45) is 0 Å². The standard InChI is InChI=1S/C12H3Cl4F4N3S/c13-8-5(1-21)7(11(17,18)19)10(24-12(15,16)20)9(14)6(8)4-2-22-23-3-4/h2-3H,(H,22,23). The number of nitrogens with zero attached hydrogens (tertiary/aromatic N) is 2. The van der Waals surface area contributed by atoms with Gasteiger partial charge in [0.05, 0.1) is 27.4 Å². The SMILES string of the molecule is N#Cc1c(Cl)c(-c2cn[nH]c2)c(Cl)c(SC(F)(Cl)Cl)c1C(F)(F)F. The molecule has 12 heteroatoms. The van der Waals surface area contributed by atoms with Crippen molar-refractivity contribution in [3.05, 3.63) is 33.6 Å². The summed E-state index contributed by atoms with van der Waals surface area (Å²) < 4.78 is 50.6. The Morgan fingerprint density at radius 1 is 1.17 bits per heavy atom. The fourth-order valence-electron chi connectivity index (χ4n) is 1.90. The molecule has 1 aromatic heterocycles. The van der Waals surface area contributed by atoms with Crippen LogP contribution in [0.3, 0.4) is 0 Å². The second-order valence-corrected chi connectivity index (χ2v) is 7.84. The lowest BCUT2D eigenvalue weighted by atomic mass is 10.0. The predicted molar refractivity (Wildman–Crippen MR) is 85.2 cm³/mol. The van der Waals surface area contributed by atoms with Crippen molar-refractivity contribution in [3.63, 3.8) is 0 Å². The predicted octanol–water partition coefficient (Wildman–Crippen LogP) is 6.42. The average Bonchev–Trinajstić information content (AvgIpc) is 2.92. The van der Waals surface area contributed by atoms with E-state index in [1.54, 1.807) is 0 Å². The van der Waals surface area contributed by atoms with Crippen molar-refractivity contribution in [2.45, 2.75) is 15.0 Å². The van der Waals surface area contributed by atoms with Crippen molar-refractivity contribution in [2.75, 3.05) is 0 Å². The highest BCUT2D eigenvalue weighted by Gasteiger charge is 2.43. The number of nitrogens with one attached hydrogen (secondary N) is 1. The number of rotatable bonds is 3. The molecule has 0 saturated heterocycles. The summed E-state index contributed by atoms with van der Waals surface area (Å²) in [4.78, 5) is -0.853. The zero-order valence-corrected chi connectivity index (χ0v) is 14.8. The van der Waals surface area contributed by atoms with Crippen LogP contribution in [0.15, 0.2) is 17.3 Å². The highest BCUT2D eigenvalue weighted by molar-refractivity contribution is 8.03. The number of thioether (sulfide) groups is 1. The second-order valence-electron chi connectivity index (χ2n) is 4.23. The normalized spacial score (nSPS) is 12.3. The first-order chi connectivity index (χ1) is 11.0.